The van der Waals surface area contributed by atoms with Crippen molar-refractivity contribution in [2.45, 2.75) is 18.2 Å². The Kier molecular flexibility index (Phi) is 3.71. The van der Waals surface area contributed by atoms with Gasteiger partial charge in [-0.2, -0.15) is 0 Å². The topological polar surface area (TPSA) is 94.2 Å². The van der Waals surface area contributed by atoms with Gasteiger partial charge in [-0.3, -0.25) is 4.79 Å². The van der Waals surface area contributed by atoms with Crippen LogP contribution in [0.15, 0.2) is 17.2 Å². The van der Waals surface area contributed by atoms with Crippen molar-refractivity contribution >= 4 is 15.9 Å². The molecule has 1 aromatic rings. The van der Waals surface area contributed by atoms with E-state index in [4.69, 9.17) is 5.14 Å². The minimum atomic E-state index is -3.76. The van der Waals surface area contributed by atoms with Gasteiger partial charge in [0.05, 0.1) is 0 Å². The quantitative estimate of drug-likeness (QED) is 0.770. The highest BCUT2D eigenvalue weighted by molar-refractivity contribution is 7.89. The number of aromatic nitrogens is 1. The van der Waals surface area contributed by atoms with Crippen molar-refractivity contribution in [3.63, 3.8) is 0 Å². The molecule has 0 bridgehead atoms. The van der Waals surface area contributed by atoms with Crippen LogP contribution in [0.2, 0.25) is 0 Å². The monoisotopic (exact) mass is 245 g/mol. The van der Waals surface area contributed by atoms with Gasteiger partial charge in [0.2, 0.25) is 10.0 Å². The zero-order chi connectivity index (χ0) is 12.3. The van der Waals surface area contributed by atoms with Crippen molar-refractivity contribution in [2.75, 3.05) is 6.54 Å². The predicted octanol–water partition coefficient (Wildman–Crippen LogP) is -0.188. The Bertz CT molecular complexity index is 490. The lowest BCUT2D eigenvalue weighted by Crippen LogP contribution is -2.25. The molecule has 0 aliphatic heterocycles. The molecule has 1 amide bonds. The molecule has 16 heavy (non-hydrogen) atoms. The van der Waals surface area contributed by atoms with E-state index in [1.54, 1.807) is 7.05 Å². The minimum Gasteiger partial charge on any atom is -0.351 e. The second-order valence-corrected chi connectivity index (χ2v) is 5.03. The molecule has 0 atom stereocenters. The Balaban J connectivity index is 2.99. The van der Waals surface area contributed by atoms with Crippen LogP contribution in [0.25, 0.3) is 0 Å². The summed E-state index contributed by atoms with van der Waals surface area (Å²) >= 11 is 0. The lowest BCUT2D eigenvalue weighted by molar-refractivity contribution is 0.0945. The number of primary sulfonamides is 1. The van der Waals surface area contributed by atoms with Gasteiger partial charge in [0.1, 0.15) is 10.6 Å². The van der Waals surface area contributed by atoms with Crippen LogP contribution in [0.1, 0.15) is 23.8 Å². The second kappa shape index (κ2) is 4.67. The van der Waals surface area contributed by atoms with Crippen LogP contribution in [0.4, 0.5) is 0 Å². The molecule has 1 heterocycles. The third kappa shape index (κ3) is 2.83. The fraction of sp³-hybridized carbons (Fsp3) is 0.444. The summed E-state index contributed by atoms with van der Waals surface area (Å²) in [5.41, 5.74) is 0.275. The third-order valence-electron chi connectivity index (χ3n) is 2.08. The van der Waals surface area contributed by atoms with Crippen molar-refractivity contribution in [1.82, 2.24) is 9.88 Å². The Morgan fingerprint density at radius 1 is 1.56 bits per heavy atom. The van der Waals surface area contributed by atoms with Crippen LogP contribution < -0.4 is 10.5 Å². The average Bonchev–Trinajstić information content (AvgIpc) is 2.56. The number of carbonyl (C=O) groups excluding carboxylic acids is 1. The molecule has 0 saturated carbocycles. The molecule has 1 aromatic heterocycles. The molecule has 3 N–H and O–H groups in total. The molecule has 1 rings (SSSR count). The fourth-order valence-corrected chi connectivity index (χ4v) is 1.83. The number of hydrogen-bond acceptors (Lipinski definition) is 3. The maximum Gasteiger partial charge on any atom is 0.267 e. The number of nitrogens with one attached hydrogen (secondary N) is 1. The van der Waals surface area contributed by atoms with Gasteiger partial charge in [-0.05, 0) is 12.5 Å². The van der Waals surface area contributed by atoms with E-state index < -0.39 is 10.0 Å². The molecule has 0 saturated heterocycles. The number of nitrogens with zero attached hydrogens (tertiary/aromatic N) is 1. The molecule has 0 aliphatic carbocycles. The summed E-state index contributed by atoms with van der Waals surface area (Å²) in [4.78, 5) is 11.5. The first-order valence-electron chi connectivity index (χ1n) is 4.83. The van der Waals surface area contributed by atoms with Crippen LogP contribution >= 0.6 is 0 Å². The minimum absolute atomic E-state index is 0.0587. The Morgan fingerprint density at radius 2 is 2.19 bits per heavy atom. The smallest absolute Gasteiger partial charge is 0.267 e. The Labute approximate surface area is 94.5 Å². The van der Waals surface area contributed by atoms with Crippen LogP contribution in [-0.2, 0) is 17.1 Å². The van der Waals surface area contributed by atoms with Crippen LogP contribution in [-0.4, -0.2) is 25.4 Å². The van der Waals surface area contributed by atoms with Crippen LogP contribution in [0, 0.1) is 0 Å². The van der Waals surface area contributed by atoms with Gasteiger partial charge in [-0.25, -0.2) is 13.6 Å². The van der Waals surface area contributed by atoms with E-state index in [2.05, 4.69) is 5.32 Å². The maximum absolute atomic E-state index is 11.6. The fourth-order valence-electron chi connectivity index (χ4n) is 1.24. The van der Waals surface area contributed by atoms with Crippen LogP contribution in [0.5, 0.6) is 0 Å². The van der Waals surface area contributed by atoms with E-state index in [1.807, 2.05) is 6.92 Å². The van der Waals surface area contributed by atoms with E-state index in [9.17, 15) is 13.2 Å². The van der Waals surface area contributed by atoms with Crippen molar-refractivity contribution < 1.29 is 13.2 Å². The van der Waals surface area contributed by atoms with E-state index in [0.29, 0.717) is 6.54 Å². The van der Waals surface area contributed by atoms with Gasteiger partial charge in [-0.15, -0.1) is 0 Å². The summed E-state index contributed by atoms with van der Waals surface area (Å²) in [6.45, 7) is 2.48. The lowest BCUT2D eigenvalue weighted by atomic mass is 10.4. The summed E-state index contributed by atoms with van der Waals surface area (Å²) in [6, 6.07) is 1.26. The predicted molar refractivity (Wildman–Crippen MR) is 59.4 cm³/mol. The summed E-state index contributed by atoms with van der Waals surface area (Å²) in [6.07, 6.45) is 2.13. The summed E-state index contributed by atoms with van der Waals surface area (Å²) < 4.78 is 23.6. The summed E-state index contributed by atoms with van der Waals surface area (Å²) in [5, 5.41) is 7.63. The molecule has 6 nitrogen and oxygen atoms in total. The number of carbonyl (C=O) groups is 1. The third-order valence-corrected chi connectivity index (χ3v) is 2.96. The number of sulfonamides is 1. The first kappa shape index (κ1) is 12.7. The second-order valence-electron chi connectivity index (χ2n) is 3.47. The summed E-state index contributed by atoms with van der Waals surface area (Å²) in [5.74, 6) is -0.306. The van der Waals surface area contributed by atoms with Gasteiger partial charge in [0.15, 0.2) is 0 Å². The van der Waals surface area contributed by atoms with Crippen molar-refractivity contribution in [3.05, 3.63) is 18.0 Å². The van der Waals surface area contributed by atoms with Gasteiger partial charge in [-0.1, -0.05) is 6.92 Å². The normalized spacial score (nSPS) is 11.4. The molecule has 90 valence electrons. The molecule has 0 fully saturated rings. The zero-order valence-corrected chi connectivity index (χ0v) is 10.0. The van der Waals surface area contributed by atoms with Crippen molar-refractivity contribution in [3.8, 4) is 0 Å². The Hall–Kier alpha value is -1.34. The molecule has 0 aromatic carbocycles. The molecular weight excluding hydrogens is 230 g/mol. The lowest BCUT2D eigenvalue weighted by Gasteiger charge is -2.03. The molecule has 0 spiro atoms. The SMILES string of the molecule is CCCNC(=O)c1cc(S(N)(=O)=O)cn1C. The van der Waals surface area contributed by atoms with E-state index in [0.717, 1.165) is 6.42 Å². The number of nitrogens with two attached hydrogens (primary N) is 1. The molecule has 0 aliphatic rings. The highest BCUT2D eigenvalue weighted by Crippen LogP contribution is 2.11. The zero-order valence-electron chi connectivity index (χ0n) is 9.23. The molecule has 0 radical (unpaired) electrons. The first-order valence-corrected chi connectivity index (χ1v) is 6.38. The van der Waals surface area contributed by atoms with Crippen LogP contribution in [0.3, 0.4) is 0 Å². The van der Waals surface area contributed by atoms with E-state index in [1.165, 1.54) is 16.8 Å². The van der Waals surface area contributed by atoms with Crippen molar-refractivity contribution in [2.24, 2.45) is 12.2 Å². The van der Waals surface area contributed by atoms with Gasteiger partial charge < -0.3 is 9.88 Å². The number of hydrogen-bond donors (Lipinski definition) is 2. The maximum atomic E-state index is 11.6. The first-order chi connectivity index (χ1) is 7.36. The Morgan fingerprint density at radius 3 is 2.62 bits per heavy atom. The molecule has 0 unspecified atom stereocenters. The molecule has 7 heteroatoms. The van der Waals surface area contributed by atoms with Gasteiger partial charge in [0, 0.05) is 19.8 Å². The van der Waals surface area contributed by atoms with Gasteiger partial charge >= 0.3 is 0 Å². The van der Waals surface area contributed by atoms with Crippen molar-refractivity contribution in [1.29, 1.82) is 0 Å². The highest BCUT2D eigenvalue weighted by atomic mass is 32.2. The highest BCUT2D eigenvalue weighted by Gasteiger charge is 2.16. The number of amides is 1. The molecular formula is C9H15N3O3S. The number of aryl methyl sites for hydroxylation is 1. The average molecular weight is 245 g/mol. The van der Waals surface area contributed by atoms with E-state index >= 15 is 0 Å². The standard InChI is InChI=1S/C9H15N3O3S/c1-3-4-11-9(13)8-5-7(6-12(8)2)16(10,14)15/h5-6H,3-4H2,1-2H3,(H,11,13)(H2,10,14,15). The largest absolute Gasteiger partial charge is 0.351 e. The van der Waals surface area contributed by atoms with E-state index in [-0.39, 0.29) is 16.5 Å². The number of rotatable bonds is 4. The van der Waals surface area contributed by atoms with Gasteiger partial charge in [0.25, 0.3) is 5.91 Å². The summed E-state index contributed by atoms with van der Waals surface area (Å²) in [7, 11) is -2.17.